The van der Waals surface area contributed by atoms with Gasteiger partial charge in [-0.05, 0) is 41.0 Å². The van der Waals surface area contributed by atoms with Crippen LogP contribution >= 0.6 is 0 Å². The first-order chi connectivity index (χ1) is 14.0. The van der Waals surface area contributed by atoms with Crippen molar-refractivity contribution in [2.75, 3.05) is 14.2 Å². The van der Waals surface area contributed by atoms with Crippen molar-refractivity contribution in [3.05, 3.63) is 77.9 Å². The molecule has 29 heavy (non-hydrogen) atoms. The summed E-state index contributed by atoms with van der Waals surface area (Å²) in [5.74, 6) is -0.300. The van der Waals surface area contributed by atoms with Crippen molar-refractivity contribution >= 4 is 22.6 Å². The van der Waals surface area contributed by atoms with Crippen LogP contribution < -0.4 is 10.1 Å². The van der Waals surface area contributed by atoms with Crippen LogP contribution in [0.2, 0.25) is 0 Å². The molecule has 1 amide bonds. The van der Waals surface area contributed by atoms with Crippen molar-refractivity contribution in [2.24, 2.45) is 0 Å². The van der Waals surface area contributed by atoms with Crippen LogP contribution in [0, 0.1) is 0 Å². The van der Waals surface area contributed by atoms with E-state index < -0.39 is 17.9 Å². The Balaban J connectivity index is 1.76. The smallest absolute Gasteiger partial charge is 0.328 e. The van der Waals surface area contributed by atoms with Gasteiger partial charge in [-0.25, -0.2) is 4.79 Å². The fourth-order valence-electron chi connectivity index (χ4n) is 3.27. The molecule has 0 aromatic heterocycles. The molecule has 3 aromatic carbocycles. The average Bonchev–Trinajstić information content (AvgIpc) is 2.77. The summed E-state index contributed by atoms with van der Waals surface area (Å²) in [7, 11) is 2.96. The minimum atomic E-state index is -0.734. The average molecular weight is 391 g/mol. The molecule has 0 unspecified atom stereocenters. The van der Waals surface area contributed by atoms with E-state index in [4.69, 9.17) is 9.47 Å². The first-order valence-corrected chi connectivity index (χ1v) is 9.51. The van der Waals surface area contributed by atoms with Crippen LogP contribution in [0.25, 0.3) is 10.8 Å². The van der Waals surface area contributed by atoms with Gasteiger partial charge in [0, 0.05) is 6.42 Å². The highest BCUT2D eigenvalue weighted by molar-refractivity contribution is 5.90. The lowest BCUT2D eigenvalue weighted by Gasteiger charge is -2.20. The van der Waals surface area contributed by atoms with Crippen LogP contribution in [0.15, 0.2) is 66.7 Å². The highest BCUT2D eigenvalue weighted by Crippen LogP contribution is 2.25. The van der Waals surface area contributed by atoms with Crippen molar-refractivity contribution in [1.29, 1.82) is 0 Å². The number of ether oxygens (including phenoxy) is 2. The molecule has 5 heteroatoms. The van der Waals surface area contributed by atoms with Crippen molar-refractivity contribution in [3.8, 4) is 5.75 Å². The Morgan fingerprint density at radius 2 is 1.62 bits per heavy atom. The topological polar surface area (TPSA) is 64.6 Å². The van der Waals surface area contributed by atoms with Crippen LogP contribution in [0.3, 0.4) is 0 Å². The number of benzene rings is 3. The maximum atomic E-state index is 12.9. The maximum absolute atomic E-state index is 12.9. The third kappa shape index (κ3) is 4.93. The van der Waals surface area contributed by atoms with Gasteiger partial charge in [0.2, 0.25) is 5.91 Å². The van der Waals surface area contributed by atoms with Crippen LogP contribution in [-0.4, -0.2) is 32.1 Å². The molecule has 0 aliphatic rings. The summed E-state index contributed by atoms with van der Waals surface area (Å²) in [6, 6.07) is 20.5. The zero-order valence-electron chi connectivity index (χ0n) is 16.8. The molecular formula is C24H25NO4. The molecule has 0 fully saturated rings. The summed E-state index contributed by atoms with van der Waals surface area (Å²) in [5, 5.41) is 4.91. The Morgan fingerprint density at radius 1 is 0.931 bits per heavy atom. The van der Waals surface area contributed by atoms with E-state index in [9.17, 15) is 9.59 Å². The predicted octanol–water partition coefficient (Wildman–Crippen LogP) is 3.85. The van der Waals surface area contributed by atoms with E-state index in [1.807, 2.05) is 73.7 Å². The quantitative estimate of drug-likeness (QED) is 0.622. The van der Waals surface area contributed by atoms with Crippen LogP contribution in [0.4, 0.5) is 0 Å². The van der Waals surface area contributed by atoms with Gasteiger partial charge in [0.05, 0.1) is 20.1 Å². The summed E-state index contributed by atoms with van der Waals surface area (Å²) in [6.07, 6.45) is 0.378. The summed E-state index contributed by atoms with van der Waals surface area (Å²) in [5.41, 5.74) is 1.83. The van der Waals surface area contributed by atoms with Crippen LogP contribution in [-0.2, 0) is 20.7 Å². The molecular weight excluding hydrogens is 366 g/mol. The second-order valence-corrected chi connectivity index (χ2v) is 6.97. The Morgan fingerprint density at radius 3 is 2.31 bits per heavy atom. The first-order valence-electron chi connectivity index (χ1n) is 9.51. The standard InChI is InChI=1S/C24H25NO4/c1-16(18-9-10-20-15-21(28-2)12-11-19(20)14-18)23(26)25-22(24(27)29-3)13-17-7-5-4-6-8-17/h4-12,14-16,22H,13H2,1-3H3,(H,25,26)/t16-,22-/m0/s1. The van der Waals surface area contributed by atoms with E-state index in [2.05, 4.69) is 5.32 Å². The number of hydrogen-bond donors (Lipinski definition) is 1. The summed E-state index contributed by atoms with van der Waals surface area (Å²) >= 11 is 0. The molecule has 0 radical (unpaired) electrons. The lowest BCUT2D eigenvalue weighted by atomic mass is 9.96. The predicted molar refractivity (Wildman–Crippen MR) is 113 cm³/mol. The molecule has 0 heterocycles. The molecule has 150 valence electrons. The first kappa shape index (κ1) is 20.4. The summed E-state index contributed by atoms with van der Waals surface area (Å²) < 4.78 is 10.1. The van der Waals surface area contributed by atoms with E-state index in [0.717, 1.165) is 27.6 Å². The molecule has 5 nitrogen and oxygen atoms in total. The second kappa shape index (κ2) is 9.24. The Labute approximate surface area is 170 Å². The van der Waals surface area contributed by atoms with E-state index in [1.165, 1.54) is 7.11 Å². The molecule has 2 atom stereocenters. The number of esters is 1. The largest absolute Gasteiger partial charge is 0.497 e. The van der Waals surface area contributed by atoms with Gasteiger partial charge in [0.1, 0.15) is 11.8 Å². The van der Waals surface area contributed by atoms with Gasteiger partial charge in [-0.15, -0.1) is 0 Å². The highest BCUT2D eigenvalue weighted by atomic mass is 16.5. The van der Waals surface area contributed by atoms with Gasteiger partial charge in [0.25, 0.3) is 0 Å². The molecule has 0 saturated carbocycles. The fraction of sp³-hybridized carbons (Fsp3) is 0.250. The number of carbonyl (C=O) groups excluding carboxylic acids is 2. The lowest BCUT2D eigenvalue weighted by molar-refractivity contribution is -0.145. The zero-order chi connectivity index (χ0) is 20.8. The number of amides is 1. The number of hydrogen-bond acceptors (Lipinski definition) is 4. The Kier molecular flexibility index (Phi) is 6.50. The molecule has 0 aliphatic heterocycles. The van der Waals surface area contributed by atoms with E-state index >= 15 is 0 Å². The van der Waals surface area contributed by atoms with Gasteiger partial charge in [0.15, 0.2) is 0 Å². The third-order valence-corrected chi connectivity index (χ3v) is 5.05. The molecule has 1 N–H and O–H groups in total. The van der Waals surface area contributed by atoms with Crippen molar-refractivity contribution in [3.63, 3.8) is 0 Å². The normalized spacial score (nSPS) is 12.8. The van der Waals surface area contributed by atoms with Crippen molar-refractivity contribution in [2.45, 2.75) is 25.3 Å². The number of fused-ring (bicyclic) bond motifs is 1. The SMILES string of the molecule is COC(=O)[C@H](Cc1ccccc1)NC(=O)[C@@H](C)c1ccc2cc(OC)ccc2c1. The molecule has 0 bridgehead atoms. The summed E-state index contributed by atoms with van der Waals surface area (Å²) in [6.45, 7) is 1.83. The van der Waals surface area contributed by atoms with Gasteiger partial charge < -0.3 is 14.8 Å². The molecule has 3 rings (SSSR count). The van der Waals surface area contributed by atoms with Gasteiger partial charge >= 0.3 is 5.97 Å². The number of nitrogens with one attached hydrogen (secondary N) is 1. The Hall–Kier alpha value is -3.34. The van der Waals surface area contributed by atoms with Gasteiger partial charge in [-0.3, -0.25) is 4.79 Å². The number of rotatable bonds is 7. The summed E-state index contributed by atoms with van der Waals surface area (Å²) in [4.78, 5) is 25.1. The second-order valence-electron chi connectivity index (χ2n) is 6.97. The molecule has 0 saturated heterocycles. The van der Waals surface area contributed by atoms with Crippen LogP contribution in [0.5, 0.6) is 5.75 Å². The fourth-order valence-corrected chi connectivity index (χ4v) is 3.27. The third-order valence-electron chi connectivity index (χ3n) is 5.05. The van der Waals surface area contributed by atoms with E-state index in [1.54, 1.807) is 7.11 Å². The highest BCUT2D eigenvalue weighted by Gasteiger charge is 2.25. The molecule has 3 aromatic rings. The van der Waals surface area contributed by atoms with Gasteiger partial charge in [-0.2, -0.15) is 0 Å². The van der Waals surface area contributed by atoms with Crippen molar-refractivity contribution in [1.82, 2.24) is 5.32 Å². The number of methoxy groups -OCH3 is 2. The minimum absolute atomic E-state index is 0.218. The van der Waals surface area contributed by atoms with E-state index in [-0.39, 0.29) is 5.91 Å². The Bertz CT molecular complexity index is 1000. The maximum Gasteiger partial charge on any atom is 0.328 e. The van der Waals surface area contributed by atoms with Crippen molar-refractivity contribution < 1.29 is 19.1 Å². The zero-order valence-corrected chi connectivity index (χ0v) is 16.8. The number of carbonyl (C=O) groups is 2. The van der Waals surface area contributed by atoms with Gasteiger partial charge in [-0.1, -0.05) is 54.6 Å². The van der Waals surface area contributed by atoms with Crippen LogP contribution in [0.1, 0.15) is 24.0 Å². The molecule has 0 aliphatic carbocycles. The monoisotopic (exact) mass is 391 g/mol. The molecule has 0 spiro atoms. The van der Waals surface area contributed by atoms with E-state index in [0.29, 0.717) is 6.42 Å². The minimum Gasteiger partial charge on any atom is -0.497 e. The lowest BCUT2D eigenvalue weighted by Crippen LogP contribution is -2.44.